The molecule has 1 saturated carbocycles. The molecule has 6 heteroatoms. The van der Waals surface area contributed by atoms with Crippen LogP contribution in [0.2, 0.25) is 0 Å². The highest BCUT2D eigenvalue weighted by atomic mass is 19.1. The molecule has 0 saturated heterocycles. The molecule has 3 aromatic rings. The van der Waals surface area contributed by atoms with Crippen molar-refractivity contribution in [3.63, 3.8) is 0 Å². The molecule has 1 heterocycles. The molecule has 0 radical (unpaired) electrons. The summed E-state index contributed by atoms with van der Waals surface area (Å²) in [7, 11) is 0. The van der Waals surface area contributed by atoms with Crippen LogP contribution in [0.4, 0.5) is 4.39 Å². The number of halogens is 1. The zero-order valence-electron chi connectivity index (χ0n) is 17.7. The van der Waals surface area contributed by atoms with Gasteiger partial charge in [-0.1, -0.05) is 18.2 Å². The highest BCUT2D eigenvalue weighted by molar-refractivity contribution is 5.94. The van der Waals surface area contributed by atoms with Crippen LogP contribution in [0.5, 0.6) is 0 Å². The maximum Gasteiger partial charge on any atom is 0.251 e. The van der Waals surface area contributed by atoms with Gasteiger partial charge in [-0.05, 0) is 76.6 Å². The van der Waals surface area contributed by atoms with Gasteiger partial charge >= 0.3 is 0 Å². The number of carbonyl (C=O) groups excluding carboxylic acids is 1. The summed E-state index contributed by atoms with van der Waals surface area (Å²) >= 11 is 0. The Morgan fingerprint density at radius 3 is 2.53 bits per heavy atom. The minimum absolute atomic E-state index is 0.0524. The summed E-state index contributed by atoms with van der Waals surface area (Å²) in [6, 6.07) is 12.3. The summed E-state index contributed by atoms with van der Waals surface area (Å²) in [4.78, 5) is 12.7. The van der Waals surface area contributed by atoms with Gasteiger partial charge in [-0.25, -0.2) is 9.07 Å². The monoisotopic (exact) mass is 409 g/mol. The number of hydrogen-bond donors (Lipinski definition) is 2. The number of fused-ring (bicyclic) bond motifs is 1. The maximum absolute atomic E-state index is 14.9. The van der Waals surface area contributed by atoms with Crippen molar-refractivity contribution in [1.29, 1.82) is 0 Å². The van der Waals surface area contributed by atoms with E-state index >= 15 is 0 Å². The Labute approximate surface area is 175 Å². The third-order valence-electron chi connectivity index (χ3n) is 6.27. The number of aryl methyl sites for hydroxylation is 1. The molecule has 4 rings (SSSR count). The lowest BCUT2D eigenvalue weighted by atomic mass is 9.77. The van der Waals surface area contributed by atoms with Gasteiger partial charge in [0, 0.05) is 17.0 Å². The molecule has 0 spiro atoms. The van der Waals surface area contributed by atoms with Gasteiger partial charge in [0.1, 0.15) is 11.5 Å². The summed E-state index contributed by atoms with van der Waals surface area (Å²) in [5, 5.41) is 18.6. The second-order valence-corrected chi connectivity index (χ2v) is 8.86. The van der Waals surface area contributed by atoms with E-state index in [2.05, 4.69) is 10.4 Å². The number of benzene rings is 2. The topological polar surface area (TPSA) is 67.2 Å². The molecule has 1 aromatic heterocycles. The highest BCUT2D eigenvalue weighted by Gasteiger charge is 2.31. The third kappa shape index (κ3) is 3.97. The highest BCUT2D eigenvalue weighted by Crippen LogP contribution is 2.32. The van der Waals surface area contributed by atoms with E-state index in [9.17, 15) is 14.3 Å². The fourth-order valence-electron chi connectivity index (χ4n) is 4.44. The molecule has 30 heavy (non-hydrogen) atoms. The first-order valence-corrected chi connectivity index (χ1v) is 10.5. The molecule has 1 aliphatic carbocycles. The van der Waals surface area contributed by atoms with E-state index in [-0.39, 0.29) is 17.9 Å². The van der Waals surface area contributed by atoms with Crippen molar-refractivity contribution in [3.8, 4) is 5.69 Å². The lowest BCUT2D eigenvalue weighted by Gasteiger charge is -2.36. The first kappa shape index (κ1) is 20.5. The summed E-state index contributed by atoms with van der Waals surface area (Å²) in [6.07, 6.45) is 3.37. The van der Waals surface area contributed by atoms with Gasteiger partial charge in [0.2, 0.25) is 0 Å². The summed E-state index contributed by atoms with van der Waals surface area (Å²) < 4.78 is 16.5. The van der Waals surface area contributed by atoms with Crippen LogP contribution in [-0.4, -0.2) is 32.4 Å². The second-order valence-electron chi connectivity index (χ2n) is 8.86. The van der Waals surface area contributed by atoms with E-state index in [1.807, 2.05) is 45.0 Å². The number of rotatable bonds is 4. The van der Waals surface area contributed by atoms with E-state index in [4.69, 9.17) is 0 Å². The molecule has 0 unspecified atom stereocenters. The van der Waals surface area contributed by atoms with Crippen molar-refractivity contribution < 1.29 is 14.3 Å². The maximum atomic E-state index is 14.9. The average Bonchev–Trinajstić information content (AvgIpc) is 3.04. The molecule has 0 aliphatic heterocycles. The standard InChI is InChI=1S/C24H28FN3O2/c1-15-19-6-4-5-7-21(19)28(27-15)22-13-8-16(14-20(22)25)23(29)26-18-11-9-17(10-12-18)24(2,3)30/h4-8,13-14,17-18,30H,9-12H2,1-3H3,(H,26,29). The molecule has 5 nitrogen and oxygen atoms in total. The van der Waals surface area contributed by atoms with Crippen LogP contribution in [-0.2, 0) is 0 Å². The van der Waals surface area contributed by atoms with Crippen LogP contribution in [0.3, 0.4) is 0 Å². The fraction of sp³-hybridized carbons (Fsp3) is 0.417. The number of carbonyl (C=O) groups is 1. The molecule has 158 valence electrons. The van der Waals surface area contributed by atoms with Crippen LogP contribution in [0.25, 0.3) is 16.6 Å². The smallest absolute Gasteiger partial charge is 0.251 e. The molecule has 0 bridgehead atoms. The lowest BCUT2D eigenvalue weighted by molar-refractivity contribution is -0.00257. The van der Waals surface area contributed by atoms with Gasteiger partial charge in [-0.3, -0.25) is 4.79 Å². The van der Waals surface area contributed by atoms with E-state index in [1.165, 1.54) is 6.07 Å². The minimum atomic E-state index is -0.692. The first-order chi connectivity index (χ1) is 14.2. The Morgan fingerprint density at radius 2 is 1.87 bits per heavy atom. The fourth-order valence-corrected chi connectivity index (χ4v) is 4.44. The molecule has 0 atom stereocenters. The van der Waals surface area contributed by atoms with Crippen molar-refractivity contribution in [2.45, 2.75) is 58.1 Å². The number of para-hydroxylation sites is 1. The number of nitrogens with zero attached hydrogens (tertiary/aromatic N) is 2. The van der Waals surface area contributed by atoms with Crippen LogP contribution in [0, 0.1) is 18.7 Å². The summed E-state index contributed by atoms with van der Waals surface area (Å²) in [6.45, 7) is 5.57. The molecule has 2 N–H and O–H groups in total. The molecule has 2 aromatic carbocycles. The van der Waals surface area contributed by atoms with Crippen LogP contribution >= 0.6 is 0 Å². The predicted octanol–water partition coefficient (Wildman–Crippen LogP) is 4.53. The summed E-state index contributed by atoms with van der Waals surface area (Å²) in [5.41, 5.74) is 1.59. The van der Waals surface area contributed by atoms with Crippen LogP contribution in [0.1, 0.15) is 55.6 Å². The Hall–Kier alpha value is -2.73. The average molecular weight is 410 g/mol. The zero-order chi connectivity index (χ0) is 21.5. The summed E-state index contributed by atoms with van der Waals surface area (Å²) in [5.74, 6) is -0.509. The molecule has 1 aliphatic rings. The van der Waals surface area contributed by atoms with E-state index in [1.54, 1.807) is 16.8 Å². The Bertz CT molecular complexity index is 1080. The normalized spacial score (nSPS) is 19.8. The molecular weight excluding hydrogens is 381 g/mol. The number of nitrogens with one attached hydrogen (secondary N) is 1. The first-order valence-electron chi connectivity index (χ1n) is 10.5. The Kier molecular flexibility index (Phi) is 5.36. The zero-order valence-corrected chi connectivity index (χ0v) is 17.7. The lowest BCUT2D eigenvalue weighted by Crippen LogP contribution is -2.41. The van der Waals surface area contributed by atoms with Gasteiger partial charge in [0.25, 0.3) is 5.91 Å². The van der Waals surface area contributed by atoms with Crippen LogP contribution in [0.15, 0.2) is 42.5 Å². The van der Waals surface area contributed by atoms with E-state index in [0.717, 1.165) is 42.3 Å². The Morgan fingerprint density at radius 1 is 1.17 bits per heavy atom. The van der Waals surface area contributed by atoms with Gasteiger partial charge in [0.05, 0.1) is 16.8 Å². The SMILES string of the molecule is Cc1nn(-c2ccc(C(=O)NC3CCC(C(C)(C)O)CC3)cc2F)c2ccccc12. The molecular formula is C24H28FN3O2. The number of hydrogen-bond acceptors (Lipinski definition) is 3. The Balaban J connectivity index is 1.49. The van der Waals surface area contributed by atoms with Crippen molar-refractivity contribution >= 4 is 16.8 Å². The number of amides is 1. The minimum Gasteiger partial charge on any atom is -0.390 e. The van der Waals surface area contributed by atoms with Gasteiger partial charge < -0.3 is 10.4 Å². The van der Waals surface area contributed by atoms with Gasteiger partial charge in [-0.2, -0.15) is 5.10 Å². The predicted molar refractivity (Wildman–Crippen MR) is 115 cm³/mol. The largest absolute Gasteiger partial charge is 0.390 e. The number of aromatic nitrogens is 2. The number of aliphatic hydroxyl groups is 1. The van der Waals surface area contributed by atoms with Crippen molar-refractivity contribution in [2.75, 3.05) is 0 Å². The van der Waals surface area contributed by atoms with Crippen LogP contribution < -0.4 is 5.32 Å². The molecule has 1 amide bonds. The second kappa shape index (κ2) is 7.84. The van der Waals surface area contributed by atoms with Gasteiger partial charge in [-0.15, -0.1) is 0 Å². The quantitative estimate of drug-likeness (QED) is 0.665. The molecule has 1 fully saturated rings. The van der Waals surface area contributed by atoms with E-state index in [0.29, 0.717) is 11.3 Å². The van der Waals surface area contributed by atoms with Crippen molar-refractivity contribution in [3.05, 3.63) is 59.5 Å². The van der Waals surface area contributed by atoms with Crippen molar-refractivity contribution in [2.24, 2.45) is 5.92 Å². The third-order valence-corrected chi connectivity index (χ3v) is 6.27. The van der Waals surface area contributed by atoms with E-state index < -0.39 is 11.4 Å². The van der Waals surface area contributed by atoms with Crippen molar-refractivity contribution in [1.82, 2.24) is 15.1 Å². The van der Waals surface area contributed by atoms with Gasteiger partial charge in [0.15, 0.2) is 0 Å².